The third kappa shape index (κ3) is 5.86. The van der Waals surface area contributed by atoms with Crippen molar-refractivity contribution in [2.75, 3.05) is 26.1 Å². The van der Waals surface area contributed by atoms with Gasteiger partial charge < -0.3 is 24.6 Å². The molecule has 3 N–H and O–H groups in total. The van der Waals surface area contributed by atoms with Gasteiger partial charge in [-0.15, -0.1) is 0 Å². The van der Waals surface area contributed by atoms with E-state index < -0.39 is 11.9 Å². The maximum Gasteiger partial charge on any atom is 0.335 e. The second kappa shape index (κ2) is 9.39. The number of rotatable bonds is 7. The summed E-state index contributed by atoms with van der Waals surface area (Å²) in [5.41, 5.74) is 0.369. The minimum atomic E-state index is -1.09. The molecule has 0 saturated carbocycles. The number of carboxylic acid groups (broad SMARTS) is 1. The van der Waals surface area contributed by atoms with Crippen LogP contribution in [0, 0.1) is 0 Å². The Kier molecular flexibility index (Phi) is 6.95. The van der Waals surface area contributed by atoms with Crippen LogP contribution in [0.5, 0.6) is 17.2 Å². The number of carbonyl (C=O) groups is 2. The van der Waals surface area contributed by atoms with Gasteiger partial charge in [-0.1, -0.05) is 0 Å². The van der Waals surface area contributed by atoms with Gasteiger partial charge in [-0.25, -0.2) is 4.79 Å². The zero-order valence-corrected chi connectivity index (χ0v) is 15.5. The minimum Gasteiger partial charge on any atom is -0.497 e. The smallest absolute Gasteiger partial charge is 0.335 e. The molecule has 27 heavy (non-hydrogen) atoms. The summed E-state index contributed by atoms with van der Waals surface area (Å²) < 4.78 is 15.5. The first-order valence-corrected chi connectivity index (χ1v) is 8.12. The van der Waals surface area contributed by atoms with Gasteiger partial charge in [0.2, 0.25) is 0 Å². The van der Waals surface area contributed by atoms with Crippen molar-refractivity contribution in [1.29, 1.82) is 0 Å². The van der Waals surface area contributed by atoms with Gasteiger partial charge in [-0.05, 0) is 54.7 Å². The summed E-state index contributed by atoms with van der Waals surface area (Å²) >= 11 is 5.07. The number of hydrogen-bond acceptors (Lipinski definition) is 6. The third-order valence-corrected chi connectivity index (χ3v) is 3.58. The number of ether oxygens (including phenoxy) is 3. The molecule has 0 unspecified atom stereocenters. The van der Waals surface area contributed by atoms with Crippen LogP contribution in [-0.4, -0.2) is 42.9 Å². The van der Waals surface area contributed by atoms with Crippen LogP contribution in [-0.2, 0) is 4.79 Å². The Morgan fingerprint density at radius 2 is 1.70 bits per heavy atom. The van der Waals surface area contributed by atoms with Crippen molar-refractivity contribution in [3.8, 4) is 17.2 Å². The zero-order chi connectivity index (χ0) is 19.8. The van der Waals surface area contributed by atoms with Crippen molar-refractivity contribution < 1.29 is 28.9 Å². The summed E-state index contributed by atoms with van der Waals surface area (Å²) in [5, 5.41) is 14.2. The zero-order valence-electron chi connectivity index (χ0n) is 14.6. The van der Waals surface area contributed by atoms with E-state index in [9.17, 15) is 9.59 Å². The highest BCUT2D eigenvalue weighted by atomic mass is 32.1. The maximum absolute atomic E-state index is 12.0. The molecule has 2 rings (SSSR count). The first-order chi connectivity index (χ1) is 12.9. The molecule has 9 heteroatoms. The molecule has 0 aromatic heterocycles. The number of aromatic carboxylic acids is 1. The van der Waals surface area contributed by atoms with E-state index in [4.69, 9.17) is 31.5 Å². The van der Waals surface area contributed by atoms with Gasteiger partial charge in [0.05, 0.1) is 25.5 Å². The minimum absolute atomic E-state index is 0.0147. The summed E-state index contributed by atoms with van der Waals surface area (Å²) in [6.45, 7) is -0.250. The van der Waals surface area contributed by atoms with Gasteiger partial charge in [-0.3, -0.25) is 10.1 Å². The van der Waals surface area contributed by atoms with Crippen molar-refractivity contribution in [2.24, 2.45) is 0 Å². The molecule has 0 aliphatic carbocycles. The van der Waals surface area contributed by atoms with Gasteiger partial charge >= 0.3 is 5.97 Å². The van der Waals surface area contributed by atoms with Crippen LogP contribution in [0.3, 0.4) is 0 Å². The third-order valence-electron chi connectivity index (χ3n) is 3.38. The van der Waals surface area contributed by atoms with Crippen LogP contribution >= 0.6 is 12.2 Å². The Balaban J connectivity index is 1.91. The number of carboxylic acids is 1. The monoisotopic (exact) mass is 390 g/mol. The summed E-state index contributed by atoms with van der Waals surface area (Å²) in [6, 6.07) is 11.0. The topological polar surface area (TPSA) is 106 Å². The molecule has 0 radical (unpaired) electrons. The standard InChI is InChI=1S/C18H18N2O6S/c1-24-12-4-6-13(7-5-12)26-10-16(21)20-18(27)19-14-9-11(17(22)23)3-8-15(14)25-2/h3-9H,10H2,1-2H3,(H,22,23)(H2,19,20,21,27). The fraction of sp³-hybridized carbons (Fsp3) is 0.167. The molecule has 1 amide bonds. The van der Waals surface area contributed by atoms with E-state index in [0.29, 0.717) is 22.9 Å². The molecular weight excluding hydrogens is 372 g/mol. The lowest BCUT2D eigenvalue weighted by atomic mass is 10.2. The van der Waals surface area contributed by atoms with Gasteiger partial charge in [0, 0.05) is 0 Å². The van der Waals surface area contributed by atoms with Crippen LogP contribution in [0.2, 0.25) is 0 Å². The number of nitrogens with one attached hydrogen (secondary N) is 2. The van der Waals surface area contributed by atoms with Crippen molar-refractivity contribution in [3.63, 3.8) is 0 Å². The number of carbonyl (C=O) groups excluding carboxylic acids is 1. The van der Waals surface area contributed by atoms with Gasteiger partial charge in [0.15, 0.2) is 11.7 Å². The van der Waals surface area contributed by atoms with E-state index in [1.165, 1.54) is 25.3 Å². The van der Waals surface area contributed by atoms with Crippen LogP contribution in [0.1, 0.15) is 10.4 Å². The molecule has 0 atom stereocenters. The second-order valence-electron chi connectivity index (χ2n) is 5.19. The first kappa shape index (κ1) is 20.0. The summed E-state index contributed by atoms with van der Waals surface area (Å²) in [5.74, 6) is -0.0123. The average molecular weight is 390 g/mol. The molecule has 0 heterocycles. The van der Waals surface area contributed by atoms with Gasteiger partial charge in [0.1, 0.15) is 17.2 Å². The largest absolute Gasteiger partial charge is 0.497 e. The van der Waals surface area contributed by atoms with E-state index >= 15 is 0 Å². The number of methoxy groups -OCH3 is 2. The molecule has 142 valence electrons. The van der Waals surface area contributed by atoms with Crippen molar-refractivity contribution >= 4 is 34.9 Å². The molecule has 8 nitrogen and oxygen atoms in total. The van der Waals surface area contributed by atoms with E-state index in [2.05, 4.69) is 10.6 Å². The Hall–Kier alpha value is -3.33. The average Bonchev–Trinajstić information content (AvgIpc) is 2.66. The van der Waals surface area contributed by atoms with E-state index in [1.807, 2.05) is 0 Å². The molecule has 2 aromatic rings. The van der Waals surface area contributed by atoms with E-state index in [0.717, 1.165) is 0 Å². The van der Waals surface area contributed by atoms with E-state index in [-0.39, 0.29) is 17.3 Å². The molecular formula is C18H18N2O6S. The summed E-state index contributed by atoms with van der Waals surface area (Å²) in [6.07, 6.45) is 0. The highest BCUT2D eigenvalue weighted by Gasteiger charge is 2.12. The predicted octanol–water partition coefficient (Wildman–Crippen LogP) is 2.29. The highest BCUT2D eigenvalue weighted by molar-refractivity contribution is 7.80. The molecule has 0 saturated heterocycles. The Bertz CT molecular complexity index is 838. The number of hydrogen-bond donors (Lipinski definition) is 3. The van der Waals surface area contributed by atoms with Crippen LogP contribution in [0.4, 0.5) is 5.69 Å². The SMILES string of the molecule is COc1ccc(OCC(=O)NC(=S)Nc2cc(C(=O)O)ccc2OC)cc1. The van der Waals surface area contributed by atoms with Crippen molar-refractivity contribution in [1.82, 2.24) is 5.32 Å². The molecule has 0 bridgehead atoms. The summed E-state index contributed by atoms with van der Waals surface area (Å²) in [4.78, 5) is 23.0. The fourth-order valence-corrected chi connectivity index (χ4v) is 2.30. The van der Waals surface area contributed by atoms with Gasteiger partial charge in [-0.2, -0.15) is 0 Å². The number of thiocarbonyl (C=S) groups is 1. The van der Waals surface area contributed by atoms with Crippen LogP contribution in [0.25, 0.3) is 0 Å². The number of amides is 1. The highest BCUT2D eigenvalue weighted by Crippen LogP contribution is 2.25. The Labute approximate surface area is 161 Å². The van der Waals surface area contributed by atoms with Gasteiger partial charge in [0.25, 0.3) is 5.91 Å². The van der Waals surface area contributed by atoms with Crippen molar-refractivity contribution in [3.05, 3.63) is 48.0 Å². The van der Waals surface area contributed by atoms with Crippen LogP contribution in [0.15, 0.2) is 42.5 Å². The predicted molar refractivity (Wildman–Crippen MR) is 103 cm³/mol. The first-order valence-electron chi connectivity index (χ1n) is 7.72. The normalized spacial score (nSPS) is 9.85. The Morgan fingerprint density at radius 1 is 1.04 bits per heavy atom. The number of benzene rings is 2. The molecule has 0 aliphatic heterocycles. The fourth-order valence-electron chi connectivity index (χ4n) is 2.08. The lowest BCUT2D eigenvalue weighted by Crippen LogP contribution is -2.37. The molecule has 2 aromatic carbocycles. The van der Waals surface area contributed by atoms with Crippen LogP contribution < -0.4 is 24.8 Å². The molecule has 0 aliphatic rings. The molecule has 0 fully saturated rings. The molecule has 0 spiro atoms. The second-order valence-corrected chi connectivity index (χ2v) is 5.59. The Morgan fingerprint density at radius 3 is 2.30 bits per heavy atom. The maximum atomic E-state index is 12.0. The van der Waals surface area contributed by atoms with Crippen molar-refractivity contribution in [2.45, 2.75) is 0 Å². The summed E-state index contributed by atoms with van der Waals surface area (Å²) in [7, 11) is 2.99. The quantitative estimate of drug-likeness (QED) is 0.619. The lowest BCUT2D eigenvalue weighted by molar-refractivity contribution is -0.121. The lowest BCUT2D eigenvalue weighted by Gasteiger charge is -2.13. The van der Waals surface area contributed by atoms with E-state index in [1.54, 1.807) is 31.4 Å². The number of anilines is 1.